The molecule has 0 saturated carbocycles. The Morgan fingerprint density at radius 2 is 2.25 bits per heavy atom. The second-order valence-corrected chi connectivity index (χ2v) is 3.06. The zero-order valence-corrected chi connectivity index (χ0v) is 8.88. The maximum atomic E-state index is 5.42. The zero-order valence-electron chi connectivity index (χ0n) is 8.88. The molecule has 0 aromatic carbocycles. The highest BCUT2D eigenvalue weighted by molar-refractivity contribution is 5.09. The molecule has 0 saturated heterocycles. The van der Waals surface area contributed by atoms with E-state index in [2.05, 4.69) is 19.9 Å². The van der Waals surface area contributed by atoms with Gasteiger partial charge in [0.2, 0.25) is 0 Å². The Balaban J connectivity index is 1.84. The first kappa shape index (κ1) is 10.4. The summed E-state index contributed by atoms with van der Waals surface area (Å²) in [4.78, 5) is 14.5. The van der Waals surface area contributed by atoms with Gasteiger partial charge in [0.15, 0.2) is 5.75 Å². The number of aromatic nitrogens is 3. The number of H-pyrrole nitrogens is 1. The number of nitrogens with one attached hydrogen (secondary N) is 1. The summed E-state index contributed by atoms with van der Waals surface area (Å²) in [7, 11) is 1.66. The van der Waals surface area contributed by atoms with Crippen molar-refractivity contribution >= 4 is 0 Å². The minimum absolute atomic E-state index is 0.512. The number of ether oxygens (including phenoxy) is 1. The third kappa shape index (κ3) is 2.69. The van der Waals surface area contributed by atoms with Gasteiger partial charge in [-0.15, -0.1) is 0 Å². The molecule has 2 aromatic rings. The van der Waals surface area contributed by atoms with Crippen molar-refractivity contribution < 1.29 is 9.15 Å². The first-order chi connectivity index (χ1) is 7.88. The normalized spacial score (nSPS) is 11.7. The molecule has 84 valence electrons. The van der Waals surface area contributed by atoms with Gasteiger partial charge >= 0.3 is 0 Å². The van der Waals surface area contributed by atoms with Gasteiger partial charge < -0.3 is 14.1 Å². The topological polar surface area (TPSA) is 76.3 Å². The number of hydrogen-bond donors (Lipinski definition) is 1. The molecule has 0 amide bonds. The Kier molecular flexibility index (Phi) is 3.32. The average molecular weight is 220 g/mol. The highest BCUT2D eigenvalue weighted by atomic mass is 16.5. The van der Waals surface area contributed by atoms with Crippen LogP contribution < -0.4 is 10.4 Å². The summed E-state index contributed by atoms with van der Waals surface area (Å²) in [5, 5.41) is 0. The van der Waals surface area contributed by atoms with Gasteiger partial charge in [-0.3, -0.25) is 0 Å². The first-order valence-electron chi connectivity index (χ1n) is 4.86. The van der Waals surface area contributed by atoms with E-state index in [4.69, 9.17) is 9.15 Å². The molecule has 6 heteroatoms. The minimum atomic E-state index is 0.512. The van der Waals surface area contributed by atoms with Crippen molar-refractivity contribution in [3.63, 3.8) is 0 Å². The van der Waals surface area contributed by atoms with E-state index < -0.39 is 0 Å². The zero-order chi connectivity index (χ0) is 11.2. The van der Waals surface area contributed by atoms with Crippen molar-refractivity contribution in [2.45, 2.75) is 6.42 Å². The van der Waals surface area contributed by atoms with Crippen LogP contribution in [0.15, 0.2) is 34.3 Å². The second kappa shape index (κ2) is 5.11. The van der Waals surface area contributed by atoms with Gasteiger partial charge in [0.05, 0.1) is 19.0 Å². The third-order valence-electron chi connectivity index (χ3n) is 1.94. The van der Waals surface area contributed by atoms with E-state index in [-0.39, 0.29) is 0 Å². The number of rotatable bonds is 4. The first-order valence-corrected chi connectivity index (χ1v) is 4.86. The summed E-state index contributed by atoms with van der Waals surface area (Å²) in [6, 6.07) is 0. The van der Waals surface area contributed by atoms with Crippen LogP contribution in [0.2, 0.25) is 0 Å². The molecule has 2 aromatic heterocycles. The van der Waals surface area contributed by atoms with E-state index in [1.807, 2.05) is 0 Å². The molecule has 0 radical (unpaired) electrons. The molecule has 0 aliphatic rings. The second-order valence-electron chi connectivity index (χ2n) is 3.06. The Morgan fingerprint density at radius 1 is 1.44 bits per heavy atom. The molecular weight excluding hydrogens is 208 g/mol. The lowest BCUT2D eigenvalue weighted by Crippen LogP contribution is -2.02. The van der Waals surface area contributed by atoms with Crippen LogP contribution >= 0.6 is 0 Å². The van der Waals surface area contributed by atoms with E-state index in [1.54, 1.807) is 25.6 Å². The molecule has 1 N–H and O–H groups in total. The van der Waals surface area contributed by atoms with Gasteiger partial charge in [0, 0.05) is 19.7 Å². The summed E-state index contributed by atoms with van der Waals surface area (Å²) in [6.45, 7) is 0.512. The molecule has 0 atom stereocenters. The summed E-state index contributed by atoms with van der Waals surface area (Å²) < 4.78 is 10.8. The van der Waals surface area contributed by atoms with Crippen LogP contribution in [0, 0.1) is 0 Å². The summed E-state index contributed by atoms with van der Waals surface area (Å²) >= 11 is 0. The third-order valence-corrected chi connectivity index (χ3v) is 1.94. The minimum Gasteiger partial charge on any atom is -0.490 e. The Labute approximate surface area is 92.0 Å². The van der Waals surface area contributed by atoms with Crippen LogP contribution in [0.1, 0.15) is 5.76 Å². The molecule has 0 spiro atoms. The Bertz CT molecular complexity index is 489. The quantitative estimate of drug-likeness (QED) is 0.816. The lowest BCUT2D eigenvalue weighted by Gasteiger charge is -2.02. The van der Waals surface area contributed by atoms with E-state index in [0.29, 0.717) is 24.5 Å². The van der Waals surface area contributed by atoms with Gasteiger partial charge in [-0.25, -0.2) is 15.0 Å². The van der Waals surface area contributed by atoms with Crippen molar-refractivity contribution in [1.29, 1.82) is 0 Å². The van der Waals surface area contributed by atoms with Gasteiger partial charge in [0.25, 0.3) is 5.68 Å². The summed E-state index contributed by atoms with van der Waals surface area (Å²) in [5.74, 6) is 1.45. The molecular formula is C10H12N4O2. The highest BCUT2D eigenvalue weighted by Gasteiger charge is 1.99. The number of oxazole rings is 1. The molecule has 6 nitrogen and oxygen atoms in total. The number of aromatic amines is 1. The van der Waals surface area contributed by atoms with E-state index in [1.165, 1.54) is 6.33 Å². The molecule has 0 aliphatic heterocycles. The molecule has 2 heterocycles. The fourth-order valence-corrected chi connectivity index (χ4v) is 1.19. The maximum Gasteiger partial charge on any atom is 0.293 e. The van der Waals surface area contributed by atoms with Gasteiger partial charge in [-0.2, -0.15) is 0 Å². The van der Waals surface area contributed by atoms with Crippen LogP contribution in [0.3, 0.4) is 0 Å². The van der Waals surface area contributed by atoms with Crippen LogP contribution in [0.25, 0.3) is 0 Å². The highest BCUT2D eigenvalue weighted by Crippen LogP contribution is 2.04. The lowest BCUT2D eigenvalue weighted by atomic mass is 10.4. The van der Waals surface area contributed by atoms with E-state index in [9.17, 15) is 0 Å². The molecule has 16 heavy (non-hydrogen) atoms. The predicted molar refractivity (Wildman–Crippen MR) is 55.8 cm³/mol. The van der Waals surface area contributed by atoms with Crippen LogP contribution in [-0.2, 0) is 6.42 Å². The fourth-order valence-electron chi connectivity index (χ4n) is 1.19. The molecule has 0 unspecified atom stereocenters. The predicted octanol–water partition coefficient (Wildman–Crippen LogP) is 0.550. The molecule has 0 aliphatic carbocycles. The molecule has 0 fully saturated rings. The van der Waals surface area contributed by atoms with Crippen LogP contribution in [0.4, 0.5) is 0 Å². The molecule has 2 rings (SSSR count). The fraction of sp³-hybridized carbons (Fsp3) is 0.300. The van der Waals surface area contributed by atoms with Gasteiger partial charge in [-0.1, -0.05) is 0 Å². The monoisotopic (exact) mass is 220 g/mol. The van der Waals surface area contributed by atoms with Crippen molar-refractivity contribution in [3.05, 3.63) is 36.4 Å². The van der Waals surface area contributed by atoms with Crippen LogP contribution in [-0.4, -0.2) is 28.6 Å². The van der Waals surface area contributed by atoms with Crippen molar-refractivity contribution in [2.24, 2.45) is 4.99 Å². The van der Waals surface area contributed by atoms with Crippen molar-refractivity contribution in [2.75, 3.05) is 13.7 Å². The number of nitrogens with zero attached hydrogens (tertiary/aromatic N) is 3. The maximum absolute atomic E-state index is 5.42. The largest absolute Gasteiger partial charge is 0.490 e. The summed E-state index contributed by atoms with van der Waals surface area (Å²) in [5.41, 5.74) is 0.512. The standard InChI is InChI=1S/C10H12N4O2/c1-11-10-14-6-8(16-10)2-3-15-9-4-12-7-13-5-9/h4-7H,2-3H2,1H3,(H,11,14). The smallest absolute Gasteiger partial charge is 0.293 e. The Hall–Kier alpha value is -2.11. The Morgan fingerprint density at radius 3 is 2.94 bits per heavy atom. The summed E-state index contributed by atoms with van der Waals surface area (Å²) in [6.07, 6.45) is 7.14. The van der Waals surface area contributed by atoms with Crippen LogP contribution in [0.5, 0.6) is 5.75 Å². The van der Waals surface area contributed by atoms with E-state index >= 15 is 0 Å². The average Bonchev–Trinajstić information content (AvgIpc) is 2.78. The SMILES string of the molecule is CN=c1[nH]cc(CCOc2cncnc2)o1. The molecule has 0 bridgehead atoms. The van der Waals surface area contributed by atoms with Gasteiger partial charge in [0.1, 0.15) is 12.1 Å². The van der Waals surface area contributed by atoms with E-state index in [0.717, 1.165) is 5.76 Å². The number of hydrogen-bond acceptors (Lipinski definition) is 5. The lowest BCUT2D eigenvalue weighted by molar-refractivity contribution is 0.304. The van der Waals surface area contributed by atoms with Crippen molar-refractivity contribution in [1.82, 2.24) is 15.0 Å². The van der Waals surface area contributed by atoms with Crippen molar-refractivity contribution in [3.8, 4) is 5.75 Å². The van der Waals surface area contributed by atoms with Gasteiger partial charge in [-0.05, 0) is 0 Å².